The molecular weight excluding hydrogens is 123 g/mol. The van der Waals surface area contributed by atoms with Gasteiger partial charge in [-0.2, -0.15) is 0 Å². The number of nitrogens with zero attached hydrogens (tertiary/aromatic N) is 2. The third-order valence-electron chi connectivity index (χ3n) is 1.07. The van der Waals surface area contributed by atoms with Crippen LogP contribution in [0.4, 0.5) is 0 Å². The van der Waals surface area contributed by atoms with Gasteiger partial charge in [-0.3, -0.25) is 0 Å². The van der Waals surface area contributed by atoms with Crippen molar-refractivity contribution in [1.82, 2.24) is 0 Å². The van der Waals surface area contributed by atoms with Crippen LogP contribution in [0.2, 0.25) is 0 Å². The van der Waals surface area contributed by atoms with Gasteiger partial charge in [-0.25, -0.2) is 0 Å². The Hall–Kier alpha value is -0.905. The maximum absolute atomic E-state index is 5.18. The minimum absolute atomic E-state index is 0.113. The van der Waals surface area contributed by atoms with E-state index >= 15 is 0 Å². The summed E-state index contributed by atoms with van der Waals surface area (Å²) in [4.78, 5) is 0. The Kier molecular flexibility index (Phi) is 4.48. The van der Waals surface area contributed by atoms with Crippen molar-refractivity contribution in [1.29, 1.82) is 0 Å². The van der Waals surface area contributed by atoms with Gasteiger partial charge in [0.15, 0.2) is 0 Å². The van der Waals surface area contributed by atoms with Gasteiger partial charge in [-0.05, 0) is 0 Å². The molecule has 0 bridgehead atoms. The Morgan fingerprint density at radius 2 is 2.20 bits per heavy atom. The van der Waals surface area contributed by atoms with E-state index in [9.17, 15) is 0 Å². The zero-order chi connectivity index (χ0) is 7.98. The van der Waals surface area contributed by atoms with Gasteiger partial charge in [-0.1, -0.05) is 0 Å². The summed E-state index contributed by atoms with van der Waals surface area (Å²) in [5.41, 5.74) is 0. The van der Waals surface area contributed by atoms with E-state index in [0.717, 1.165) is 0 Å². The van der Waals surface area contributed by atoms with E-state index in [4.69, 9.17) is 6.42 Å². The van der Waals surface area contributed by atoms with Gasteiger partial charge < -0.3 is 0 Å². The predicted molar refractivity (Wildman–Crippen MR) is 45.2 cm³/mol. The van der Waals surface area contributed by atoms with Crippen molar-refractivity contribution in [2.75, 3.05) is 0 Å². The van der Waals surface area contributed by atoms with E-state index < -0.39 is 0 Å². The standard InChI is InChI=1S/C7H11BN2/c1-5-7(6(2)3)9-10-8-4/h1,6-7H,4H2,2-3H3/t7-/m1/s1. The minimum atomic E-state index is -0.113. The molecule has 0 aromatic rings. The molecule has 3 heteroatoms. The van der Waals surface area contributed by atoms with E-state index in [1.807, 2.05) is 13.8 Å². The van der Waals surface area contributed by atoms with Crippen molar-refractivity contribution in [3.05, 3.63) is 0 Å². The van der Waals surface area contributed by atoms with Crippen LogP contribution in [0.5, 0.6) is 0 Å². The van der Waals surface area contributed by atoms with Crippen LogP contribution in [-0.4, -0.2) is 19.6 Å². The van der Waals surface area contributed by atoms with E-state index in [0.29, 0.717) is 5.92 Å². The first-order chi connectivity index (χ1) is 4.72. The van der Waals surface area contributed by atoms with Crippen molar-refractivity contribution < 1.29 is 0 Å². The molecule has 1 atom stereocenters. The Morgan fingerprint density at radius 3 is 2.50 bits per heavy atom. The van der Waals surface area contributed by atoms with Crippen LogP contribution in [0, 0.1) is 18.3 Å². The molecule has 0 amide bonds. The van der Waals surface area contributed by atoms with Crippen LogP contribution >= 0.6 is 0 Å². The third kappa shape index (κ3) is 3.19. The zero-order valence-electron chi connectivity index (χ0n) is 6.41. The fourth-order valence-electron chi connectivity index (χ4n) is 0.478. The van der Waals surface area contributed by atoms with Gasteiger partial charge in [0.25, 0.3) is 0 Å². The zero-order valence-corrected chi connectivity index (χ0v) is 6.41. The molecule has 0 spiro atoms. The second-order valence-electron chi connectivity index (χ2n) is 2.27. The second kappa shape index (κ2) is 4.93. The third-order valence-corrected chi connectivity index (χ3v) is 1.07. The molecule has 0 aliphatic heterocycles. The molecule has 0 aromatic heterocycles. The van der Waals surface area contributed by atoms with E-state index in [-0.39, 0.29) is 6.04 Å². The summed E-state index contributed by atoms with van der Waals surface area (Å²) in [6, 6.07) is -0.113. The van der Waals surface area contributed by atoms with Gasteiger partial charge >= 0.3 is 61.8 Å². The average Bonchev–Trinajstić information content (AvgIpc) is 1.89. The molecular formula is C7H11BN2. The van der Waals surface area contributed by atoms with Crippen LogP contribution < -0.4 is 0 Å². The summed E-state index contributed by atoms with van der Waals surface area (Å²) in [5, 5.41) is 7.44. The molecule has 52 valence electrons. The van der Waals surface area contributed by atoms with E-state index in [2.05, 4.69) is 22.5 Å². The summed E-state index contributed by atoms with van der Waals surface area (Å²) in [6.07, 6.45) is 5.18. The average molecular weight is 134 g/mol. The molecule has 0 aromatic carbocycles. The summed E-state index contributed by atoms with van der Waals surface area (Å²) in [6.45, 7) is 7.41. The summed E-state index contributed by atoms with van der Waals surface area (Å²) >= 11 is 0. The molecule has 0 N–H and O–H groups in total. The van der Waals surface area contributed by atoms with Crippen molar-refractivity contribution in [2.45, 2.75) is 19.9 Å². The van der Waals surface area contributed by atoms with E-state index in [1.54, 1.807) is 0 Å². The normalized spacial score (nSPS) is 13.0. The van der Waals surface area contributed by atoms with Gasteiger partial charge in [0.1, 0.15) is 0 Å². The number of hydrogen-bond acceptors (Lipinski definition) is 2. The quantitative estimate of drug-likeness (QED) is 0.314. The van der Waals surface area contributed by atoms with Crippen molar-refractivity contribution in [3.63, 3.8) is 0 Å². The number of rotatable bonds is 3. The van der Waals surface area contributed by atoms with Crippen LogP contribution in [0.25, 0.3) is 0 Å². The first kappa shape index (κ1) is 9.09. The first-order valence-corrected chi connectivity index (χ1v) is 3.19. The summed E-state index contributed by atoms with van der Waals surface area (Å²) in [5.74, 6) is 2.87. The Bertz CT molecular complexity index is 167. The molecule has 0 aliphatic rings. The van der Waals surface area contributed by atoms with Crippen LogP contribution in [0.1, 0.15) is 13.8 Å². The molecule has 0 unspecified atom stereocenters. The Labute approximate surface area is 62.7 Å². The SMILES string of the molecule is C#C[C@@H](N=NB=C)C(C)C. The molecule has 0 radical (unpaired) electrons. The molecule has 0 rings (SSSR count). The summed E-state index contributed by atoms with van der Waals surface area (Å²) < 4.78 is 0. The Balaban J connectivity index is 3.98. The van der Waals surface area contributed by atoms with Crippen LogP contribution in [0.15, 0.2) is 10.1 Å². The van der Waals surface area contributed by atoms with Gasteiger partial charge in [-0.15, -0.1) is 0 Å². The molecule has 10 heavy (non-hydrogen) atoms. The maximum atomic E-state index is 5.18. The topological polar surface area (TPSA) is 24.7 Å². The molecule has 0 saturated heterocycles. The number of terminal acetylenes is 1. The first-order valence-electron chi connectivity index (χ1n) is 3.19. The molecule has 0 fully saturated rings. The van der Waals surface area contributed by atoms with Gasteiger partial charge in [0.05, 0.1) is 0 Å². The van der Waals surface area contributed by atoms with Crippen LogP contribution in [-0.2, 0) is 0 Å². The van der Waals surface area contributed by atoms with E-state index in [1.165, 1.54) is 7.06 Å². The fraction of sp³-hybridized carbons (Fsp3) is 0.571. The van der Waals surface area contributed by atoms with Gasteiger partial charge in [0.2, 0.25) is 0 Å². The van der Waals surface area contributed by atoms with Gasteiger partial charge in [0, 0.05) is 0 Å². The molecule has 0 heterocycles. The summed E-state index contributed by atoms with van der Waals surface area (Å²) in [7, 11) is 1.38. The van der Waals surface area contributed by atoms with Crippen molar-refractivity contribution in [2.24, 2.45) is 16.1 Å². The molecule has 2 nitrogen and oxygen atoms in total. The van der Waals surface area contributed by atoms with Crippen LogP contribution in [0.3, 0.4) is 0 Å². The molecule has 0 saturated carbocycles. The number of hydrogen-bond donors (Lipinski definition) is 0. The Morgan fingerprint density at radius 1 is 1.60 bits per heavy atom. The van der Waals surface area contributed by atoms with Crippen molar-refractivity contribution >= 4 is 13.5 Å². The molecule has 0 aliphatic carbocycles. The second-order valence-corrected chi connectivity index (χ2v) is 2.27. The predicted octanol–water partition coefficient (Wildman–Crippen LogP) is 1.15. The monoisotopic (exact) mass is 134 g/mol. The van der Waals surface area contributed by atoms with Crippen molar-refractivity contribution in [3.8, 4) is 12.3 Å². The fourth-order valence-corrected chi connectivity index (χ4v) is 0.478.